The van der Waals surface area contributed by atoms with E-state index in [0.29, 0.717) is 22.4 Å². The second-order valence-corrected chi connectivity index (χ2v) is 6.17. The van der Waals surface area contributed by atoms with Crippen molar-refractivity contribution in [3.8, 4) is 0 Å². The minimum Gasteiger partial charge on any atom is -0.396 e. The van der Waals surface area contributed by atoms with Crippen LogP contribution in [0.5, 0.6) is 0 Å². The summed E-state index contributed by atoms with van der Waals surface area (Å²) in [4.78, 5) is 12.1. The van der Waals surface area contributed by atoms with Crippen molar-refractivity contribution in [1.82, 2.24) is 9.88 Å². The van der Waals surface area contributed by atoms with Crippen LogP contribution < -0.4 is 5.32 Å². The first-order valence-corrected chi connectivity index (χ1v) is 6.94. The molecule has 2 N–H and O–H groups in total. The standard InChI is InChI=1S/C13H20Cl2N2O2/c1-13(2,5-4-6-18)8-16-12(19)10-7-9(14)11(15)17(10)3/h7,18H,4-6,8H2,1-3H3,(H,16,19). The third-order valence-electron chi connectivity index (χ3n) is 3.09. The van der Waals surface area contributed by atoms with Crippen LogP contribution in [0.2, 0.25) is 10.2 Å². The molecule has 0 aliphatic heterocycles. The van der Waals surface area contributed by atoms with Crippen molar-refractivity contribution in [2.45, 2.75) is 26.7 Å². The van der Waals surface area contributed by atoms with Crippen LogP contribution in [0.4, 0.5) is 0 Å². The monoisotopic (exact) mass is 306 g/mol. The maximum atomic E-state index is 12.1. The fraction of sp³-hybridized carbons (Fsp3) is 0.615. The Kier molecular flexibility index (Phi) is 5.71. The van der Waals surface area contributed by atoms with Gasteiger partial charge in [-0.15, -0.1) is 0 Å². The molecule has 19 heavy (non-hydrogen) atoms. The smallest absolute Gasteiger partial charge is 0.268 e. The zero-order chi connectivity index (χ0) is 14.6. The molecule has 0 aliphatic carbocycles. The molecule has 0 unspecified atom stereocenters. The zero-order valence-electron chi connectivity index (χ0n) is 11.5. The summed E-state index contributed by atoms with van der Waals surface area (Å²) in [7, 11) is 1.69. The Morgan fingerprint density at radius 2 is 2.11 bits per heavy atom. The summed E-state index contributed by atoms with van der Waals surface area (Å²) in [6.07, 6.45) is 1.57. The summed E-state index contributed by atoms with van der Waals surface area (Å²) in [6.45, 7) is 4.80. The van der Waals surface area contributed by atoms with Gasteiger partial charge in [-0.05, 0) is 24.3 Å². The first-order chi connectivity index (χ1) is 8.78. The molecule has 0 spiro atoms. The number of nitrogens with zero attached hydrogens (tertiary/aromatic N) is 1. The molecule has 0 fully saturated rings. The summed E-state index contributed by atoms with van der Waals surface area (Å²) in [6, 6.07) is 1.56. The van der Waals surface area contributed by atoms with Gasteiger partial charge in [0.15, 0.2) is 0 Å². The second kappa shape index (κ2) is 6.64. The number of aliphatic hydroxyl groups is 1. The lowest BCUT2D eigenvalue weighted by atomic mass is 9.88. The van der Waals surface area contributed by atoms with Crippen LogP contribution >= 0.6 is 23.2 Å². The highest BCUT2D eigenvalue weighted by Crippen LogP contribution is 2.25. The molecular formula is C13H20Cl2N2O2. The molecule has 1 amide bonds. The molecule has 1 aromatic heterocycles. The van der Waals surface area contributed by atoms with Crippen LogP contribution in [0.15, 0.2) is 6.07 Å². The van der Waals surface area contributed by atoms with Crippen molar-refractivity contribution in [1.29, 1.82) is 0 Å². The Labute approximate surface area is 123 Å². The average Bonchev–Trinajstić information content (AvgIpc) is 2.61. The van der Waals surface area contributed by atoms with Crippen molar-refractivity contribution < 1.29 is 9.90 Å². The Bertz CT molecular complexity index is 456. The van der Waals surface area contributed by atoms with Gasteiger partial charge in [-0.1, -0.05) is 37.0 Å². The average molecular weight is 307 g/mol. The molecule has 0 saturated heterocycles. The highest BCUT2D eigenvalue weighted by atomic mass is 35.5. The molecule has 1 aromatic rings. The van der Waals surface area contributed by atoms with Crippen LogP contribution in [0.1, 0.15) is 37.2 Å². The fourth-order valence-corrected chi connectivity index (χ4v) is 2.19. The number of nitrogens with one attached hydrogen (secondary N) is 1. The molecule has 0 saturated carbocycles. The Hall–Kier alpha value is -0.710. The minimum absolute atomic E-state index is 0.0584. The minimum atomic E-state index is -0.201. The van der Waals surface area contributed by atoms with Crippen molar-refractivity contribution >= 4 is 29.1 Å². The molecule has 108 valence electrons. The van der Waals surface area contributed by atoms with E-state index in [0.717, 1.165) is 12.8 Å². The zero-order valence-corrected chi connectivity index (χ0v) is 13.0. The maximum Gasteiger partial charge on any atom is 0.268 e. The molecule has 0 aliphatic rings. The van der Waals surface area contributed by atoms with E-state index in [1.807, 2.05) is 13.8 Å². The number of halogens is 2. The normalized spacial score (nSPS) is 11.7. The largest absolute Gasteiger partial charge is 0.396 e. The molecule has 4 nitrogen and oxygen atoms in total. The van der Waals surface area contributed by atoms with Gasteiger partial charge in [0, 0.05) is 20.2 Å². The van der Waals surface area contributed by atoms with Crippen LogP contribution in [-0.2, 0) is 7.05 Å². The first kappa shape index (κ1) is 16.3. The van der Waals surface area contributed by atoms with E-state index in [2.05, 4.69) is 5.32 Å². The van der Waals surface area contributed by atoms with E-state index in [1.54, 1.807) is 17.7 Å². The fourth-order valence-electron chi connectivity index (χ4n) is 1.82. The predicted molar refractivity (Wildman–Crippen MR) is 77.9 cm³/mol. The number of carbonyl (C=O) groups excluding carboxylic acids is 1. The van der Waals surface area contributed by atoms with Crippen LogP contribution in [0, 0.1) is 5.41 Å². The van der Waals surface area contributed by atoms with E-state index in [1.165, 1.54) is 0 Å². The van der Waals surface area contributed by atoms with E-state index >= 15 is 0 Å². The number of amides is 1. The number of hydrogen-bond acceptors (Lipinski definition) is 2. The van der Waals surface area contributed by atoms with Crippen LogP contribution in [-0.4, -0.2) is 28.7 Å². The lowest BCUT2D eigenvalue weighted by Crippen LogP contribution is -2.35. The van der Waals surface area contributed by atoms with Gasteiger partial charge in [0.25, 0.3) is 5.91 Å². The molecule has 0 atom stereocenters. The summed E-state index contributed by atoms with van der Waals surface area (Å²) >= 11 is 11.8. The van der Waals surface area contributed by atoms with Crippen molar-refractivity contribution in [2.24, 2.45) is 12.5 Å². The summed E-state index contributed by atoms with van der Waals surface area (Å²) in [5, 5.41) is 12.4. The lowest BCUT2D eigenvalue weighted by molar-refractivity contribution is 0.0925. The number of aliphatic hydroxyl groups excluding tert-OH is 1. The van der Waals surface area contributed by atoms with Gasteiger partial charge < -0.3 is 15.0 Å². The van der Waals surface area contributed by atoms with Gasteiger partial charge in [0.2, 0.25) is 0 Å². The van der Waals surface area contributed by atoms with E-state index in [9.17, 15) is 4.79 Å². The van der Waals surface area contributed by atoms with Crippen molar-refractivity contribution in [3.63, 3.8) is 0 Å². The van der Waals surface area contributed by atoms with Gasteiger partial charge in [0.1, 0.15) is 10.8 Å². The van der Waals surface area contributed by atoms with E-state index in [-0.39, 0.29) is 17.9 Å². The number of rotatable bonds is 6. The molecular weight excluding hydrogens is 287 g/mol. The lowest BCUT2D eigenvalue weighted by Gasteiger charge is -2.24. The summed E-state index contributed by atoms with van der Waals surface area (Å²) in [5.41, 5.74) is 0.380. The third-order valence-corrected chi connectivity index (χ3v) is 3.93. The van der Waals surface area contributed by atoms with Gasteiger partial charge in [-0.3, -0.25) is 4.79 Å². The quantitative estimate of drug-likeness (QED) is 0.849. The molecule has 0 aromatic carbocycles. The summed E-state index contributed by atoms with van der Waals surface area (Å²) in [5.74, 6) is -0.201. The van der Waals surface area contributed by atoms with E-state index in [4.69, 9.17) is 28.3 Å². The summed E-state index contributed by atoms with van der Waals surface area (Å²) < 4.78 is 1.56. The Morgan fingerprint density at radius 3 is 2.58 bits per heavy atom. The SMILES string of the molecule is Cn1c(C(=O)NCC(C)(C)CCCO)cc(Cl)c1Cl. The molecule has 6 heteroatoms. The van der Waals surface area contributed by atoms with Gasteiger partial charge in [-0.2, -0.15) is 0 Å². The van der Waals surface area contributed by atoms with E-state index < -0.39 is 0 Å². The Balaban J connectivity index is 2.63. The highest BCUT2D eigenvalue weighted by molar-refractivity contribution is 6.41. The van der Waals surface area contributed by atoms with Crippen molar-refractivity contribution in [3.05, 3.63) is 21.9 Å². The maximum absolute atomic E-state index is 12.1. The van der Waals surface area contributed by atoms with Crippen LogP contribution in [0.25, 0.3) is 0 Å². The van der Waals surface area contributed by atoms with Gasteiger partial charge in [0.05, 0.1) is 5.02 Å². The van der Waals surface area contributed by atoms with Crippen molar-refractivity contribution in [2.75, 3.05) is 13.2 Å². The predicted octanol–water partition coefficient (Wildman–Crippen LogP) is 2.86. The van der Waals surface area contributed by atoms with Gasteiger partial charge in [-0.25, -0.2) is 0 Å². The second-order valence-electron chi connectivity index (χ2n) is 5.40. The number of aromatic nitrogens is 1. The third kappa shape index (κ3) is 4.41. The number of hydrogen-bond donors (Lipinski definition) is 2. The van der Waals surface area contributed by atoms with Gasteiger partial charge >= 0.3 is 0 Å². The Morgan fingerprint density at radius 1 is 1.47 bits per heavy atom. The molecule has 1 heterocycles. The topological polar surface area (TPSA) is 54.3 Å². The highest BCUT2D eigenvalue weighted by Gasteiger charge is 2.21. The molecule has 0 radical (unpaired) electrons. The number of carbonyl (C=O) groups is 1. The van der Waals surface area contributed by atoms with Crippen LogP contribution in [0.3, 0.4) is 0 Å². The molecule has 1 rings (SSSR count). The first-order valence-electron chi connectivity index (χ1n) is 6.18. The molecule has 0 bridgehead atoms.